The summed E-state index contributed by atoms with van der Waals surface area (Å²) in [6.45, 7) is 0. The number of nitrogens with zero attached hydrogens (tertiary/aromatic N) is 2. The number of amides is 1. The van der Waals surface area contributed by atoms with E-state index in [1.54, 1.807) is 36.4 Å². The number of rotatable bonds is 7. The zero-order valence-corrected chi connectivity index (χ0v) is 20.6. The SMILES string of the molecule is COc1cc(C=NNC(=O)c2cc(-c3ccc(Cl)c(Cl)c3)nc3ccccc23)cc(OC)c1OC. The summed E-state index contributed by atoms with van der Waals surface area (Å²) in [5.74, 6) is 1.03. The van der Waals surface area contributed by atoms with Crippen LogP contribution in [0.1, 0.15) is 15.9 Å². The molecule has 0 radical (unpaired) electrons. The molecule has 0 saturated carbocycles. The third-order valence-corrected chi connectivity index (χ3v) is 5.98. The van der Waals surface area contributed by atoms with Crippen LogP contribution in [-0.2, 0) is 0 Å². The number of pyridine rings is 1. The molecule has 0 aliphatic heterocycles. The minimum atomic E-state index is -0.395. The minimum absolute atomic E-state index is 0.395. The van der Waals surface area contributed by atoms with E-state index in [2.05, 4.69) is 15.5 Å². The van der Waals surface area contributed by atoms with Crippen LogP contribution in [0.3, 0.4) is 0 Å². The molecular formula is C26H21Cl2N3O4. The van der Waals surface area contributed by atoms with Crippen molar-refractivity contribution in [3.8, 4) is 28.5 Å². The molecule has 7 nitrogen and oxygen atoms in total. The second-order valence-electron chi connectivity index (χ2n) is 7.36. The number of methoxy groups -OCH3 is 3. The number of hydrazone groups is 1. The average molecular weight is 510 g/mol. The number of hydrogen-bond donors (Lipinski definition) is 1. The summed E-state index contributed by atoms with van der Waals surface area (Å²) in [4.78, 5) is 17.8. The summed E-state index contributed by atoms with van der Waals surface area (Å²) >= 11 is 12.2. The van der Waals surface area contributed by atoms with Crippen molar-refractivity contribution < 1.29 is 19.0 Å². The van der Waals surface area contributed by atoms with Gasteiger partial charge in [0.05, 0.1) is 54.4 Å². The monoisotopic (exact) mass is 509 g/mol. The van der Waals surface area contributed by atoms with E-state index in [4.69, 9.17) is 37.4 Å². The topological polar surface area (TPSA) is 82.0 Å². The number of carbonyl (C=O) groups excluding carboxylic acids is 1. The molecule has 4 aromatic rings. The molecule has 1 amide bonds. The number of aromatic nitrogens is 1. The van der Waals surface area contributed by atoms with E-state index < -0.39 is 5.91 Å². The van der Waals surface area contributed by atoms with Crippen molar-refractivity contribution in [1.29, 1.82) is 0 Å². The highest BCUT2D eigenvalue weighted by Crippen LogP contribution is 2.37. The molecule has 0 aliphatic carbocycles. The second-order valence-corrected chi connectivity index (χ2v) is 8.17. The molecule has 1 N–H and O–H groups in total. The van der Waals surface area contributed by atoms with Gasteiger partial charge in [-0.05, 0) is 36.4 Å². The highest BCUT2D eigenvalue weighted by atomic mass is 35.5. The van der Waals surface area contributed by atoms with Crippen LogP contribution in [0.15, 0.2) is 65.8 Å². The number of ether oxygens (including phenoxy) is 3. The van der Waals surface area contributed by atoms with E-state index in [-0.39, 0.29) is 0 Å². The highest BCUT2D eigenvalue weighted by Gasteiger charge is 2.15. The van der Waals surface area contributed by atoms with E-state index >= 15 is 0 Å². The lowest BCUT2D eigenvalue weighted by atomic mass is 10.0. The van der Waals surface area contributed by atoms with Crippen molar-refractivity contribution in [2.24, 2.45) is 5.10 Å². The van der Waals surface area contributed by atoms with Crippen molar-refractivity contribution in [2.45, 2.75) is 0 Å². The zero-order chi connectivity index (χ0) is 24.9. The number of benzene rings is 3. The maximum atomic E-state index is 13.1. The van der Waals surface area contributed by atoms with Crippen LogP contribution < -0.4 is 19.6 Å². The predicted molar refractivity (Wildman–Crippen MR) is 138 cm³/mol. The summed E-state index contributed by atoms with van der Waals surface area (Å²) in [5.41, 5.74) is 5.63. The molecule has 0 fully saturated rings. The molecule has 9 heteroatoms. The Balaban J connectivity index is 1.66. The Morgan fingerprint density at radius 2 is 1.63 bits per heavy atom. The van der Waals surface area contributed by atoms with Crippen LogP contribution in [0.4, 0.5) is 0 Å². The van der Waals surface area contributed by atoms with E-state index in [0.717, 1.165) is 5.56 Å². The first-order chi connectivity index (χ1) is 16.9. The Labute approximate surface area is 212 Å². The Kier molecular flexibility index (Phi) is 7.39. The first-order valence-electron chi connectivity index (χ1n) is 10.4. The summed E-state index contributed by atoms with van der Waals surface area (Å²) in [7, 11) is 4.58. The third-order valence-electron chi connectivity index (χ3n) is 5.24. The van der Waals surface area contributed by atoms with Gasteiger partial charge in [0.15, 0.2) is 11.5 Å². The van der Waals surface area contributed by atoms with Crippen LogP contribution >= 0.6 is 23.2 Å². The molecule has 178 valence electrons. The molecule has 0 bridgehead atoms. The average Bonchev–Trinajstić information content (AvgIpc) is 2.88. The largest absolute Gasteiger partial charge is 0.493 e. The van der Waals surface area contributed by atoms with E-state index in [1.165, 1.54) is 27.5 Å². The quantitative estimate of drug-likeness (QED) is 0.244. The predicted octanol–water partition coefficient (Wildman–Crippen LogP) is 6.00. The molecule has 1 heterocycles. The number of halogens is 2. The first-order valence-corrected chi connectivity index (χ1v) is 11.2. The van der Waals surface area contributed by atoms with Crippen molar-refractivity contribution in [2.75, 3.05) is 21.3 Å². The van der Waals surface area contributed by atoms with Crippen molar-refractivity contribution in [3.05, 3.63) is 81.8 Å². The fourth-order valence-corrected chi connectivity index (χ4v) is 3.87. The Morgan fingerprint density at radius 1 is 0.914 bits per heavy atom. The van der Waals surface area contributed by atoms with Gasteiger partial charge in [-0.25, -0.2) is 10.4 Å². The van der Waals surface area contributed by atoms with Crippen molar-refractivity contribution in [3.63, 3.8) is 0 Å². The number of para-hydroxylation sites is 1. The van der Waals surface area contributed by atoms with Crippen LogP contribution in [0.5, 0.6) is 17.2 Å². The summed E-state index contributed by atoms with van der Waals surface area (Å²) in [6, 6.07) is 17.7. The van der Waals surface area contributed by atoms with Gasteiger partial charge < -0.3 is 14.2 Å². The lowest BCUT2D eigenvalue weighted by Gasteiger charge is -2.12. The van der Waals surface area contributed by atoms with E-state index in [1.807, 2.05) is 24.3 Å². The second kappa shape index (κ2) is 10.6. The minimum Gasteiger partial charge on any atom is -0.493 e. The van der Waals surface area contributed by atoms with Gasteiger partial charge in [0.1, 0.15) is 0 Å². The molecule has 35 heavy (non-hydrogen) atoms. The first kappa shape index (κ1) is 24.3. The molecule has 0 saturated heterocycles. The molecule has 0 unspecified atom stereocenters. The Hall–Kier alpha value is -3.81. The van der Waals surface area contributed by atoms with Crippen LogP contribution in [0.2, 0.25) is 10.0 Å². The van der Waals surface area contributed by atoms with Crippen LogP contribution in [0.25, 0.3) is 22.2 Å². The van der Waals surface area contributed by atoms with Gasteiger partial charge >= 0.3 is 0 Å². The normalized spacial score (nSPS) is 11.0. The fourth-order valence-electron chi connectivity index (χ4n) is 3.57. The molecule has 0 atom stereocenters. The standard InChI is InChI=1S/C26H21Cl2N3O4/c1-33-23-10-15(11-24(34-2)25(23)35-3)14-29-31-26(32)18-13-22(16-8-9-19(27)20(28)12-16)30-21-7-5-4-6-17(18)21/h4-14H,1-3H3,(H,31,32). The maximum Gasteiger partial charge on any atom is 0.272 e. The Morgan fingerprint density at radius 3 is 2.29 bits per heavy atom. The third kappa shape index (κ3) is 5.16. The van der Waals surface area contributed by atoms with Crippen molar-refractivity contribution >= 4 is 46.2 Å². The lowest BCUT2D eigenvalue weighted by Crippen LogP contribution is -2.18. The van der Waals surface area contributed by atoms with Gasteiger partial charge in [0.25, 0.3) is 5.91 Å². The van der Waals surface area contributed by atoms with E-state index in [0.29, 0.717) is 55.0 Å². The maximum absolute atomic E-state index is 13.1. The highest BCUT2D eigenvalue weighted by molar-refractivity contribution is 6.42. The summed E-state index contributed by atoms with van der Waals surface area (Å²) in [6.07, 6.45) is 1.49. The van der Waals surface area contributed by atoms with Gasteiger partial charge in [-0.1, -0.05) is 47.5 Å². The number of fused-ring (bicyclic) bond motifs is 1. The molecule has 3 aromatic carbocycles. The van der Waals surface area contributed by atoms with Gasteiger partial charge in [-0.15, -0.1) is 0 Å². The number of hydrogen-bond acceptors (Lipinski definition) is 6. The van der Waals surface area contributed by atoms with Gasteiger partial charge in [0.2, 0.25) is 5.75 Å². The lowest BCUT2D eigenvalue weighted by molar-refractivity contribution is 0.0956. The summed E-state index contributed by atoms with van der Waals surface area (Å²) < 4.78 is 16.0. The molecule has 0 spiro atoms. The van der Waals surface area contributed by atoms with Crippen molar-refractivity contribution in [1.82, 2.24) is 10.4 Å². The molecular weight excluding hydrogens is 489 g/mol. The fraction of sp³-hybridized carbons (Fsp3) is 0.115. The van der Waals surface area contributed by atoms with E-state index in [9.17, 15) is 4.79 Å². The number of carbonyl (C=O) groups is 1. The van der Waals surface area contributed by atoms with Gasteiger partial charge in [0, 0.05) is 16.5 Å². The molecule has 1 aromatic heterocycles. The number of nitrogens with one attached hydrogen (secondary N) is 1. The van der Waals surface area contributed by atoms with Gasteiger partial charge in [-0.2, -0.15) is 5.10 Å². The molecule has 4 rings (SSSR count). The summed E-state index contributed by atoms with van der Waals surface area (Å²) in [5, 5.41) is 5.66. The molecule has 0 aliphatic rings. The van der Waals surface area contributed by atoms with Crippen LogP contribution in [-0.4, -0.2) is 38.4 Å². The van der Waals surface area contributed by atoms with Crippen LogP contribution in [0, 0.1) is 0 Å². The Bertz CT molecular complexity index is 1410. The smallest absolute Gasteiger partial charge is 0.272 e. The van der Waals surface area contributed by atoms with Gasteiger partial charge in [-0.3, -0.25) is 4.79 Å². The zero-order valence-electron chi connectivity index (χ0n) is 19.1.